The molecule has 1 aromatic carbocycles. The number of nitrogens with one attached hydrogen (secondary N) is 1. The number of hydrazone groups is 1. The Morgan fingerprint density at radius 3 is 2.29 bits per heavy atom. The van der Waals surface area contributed by atoms with Crippen LogP contribution in [0, 0.1) is 6.92 Å². The van der Waals surface area contributed by atoms with Crippen LogP contribution >= 0.6 is 0 Å². The van der Waals surface area contributed by atoms with Gasteiger partial charge in [0.1, 0.15) is 0 Å². The van der Waals surface area contributed by atoms with Gasteiger partial charge in [-0.1, -0.05) is 29.8 Å². The van der Waals surface area contributed by atoms with Gasteiger partial charge in [-0.05, 0) is 33.3 Å². The molecule has 2 heteroatoms. The Kier molecular flexibility index (Phi) is 3.69. The number of benzene rings is 1. The van der Waals surface area contributed by atoms with E-state index in [1.54, 1.807) is 0 Å². The summed E-state index contributed by atoms with van der Waals surface area (Å²) in [6, 6.07) is 8.77. The predicted octanol–water partition coefficient (Wildman–Crippen LogP) is 2.72. The first-order valence-corrected chi connectivity index (χ1v) is 4.96. The van der Waals surface area contributed by atoms with Crippen molar-refractivity contribution in [1.29, 1.82) is 0 Å². The zero-order chi connectivity index (χ0) is 10.6. The van der Waals surface area contributed by atoms with Crippen molar-refractivity contribution in [1.82, 2.24) is 5.43 Å². The summed E-state index contributed by atoms with van der Waals surface area (Å²) in [4.78, 5) is 0. The molecular weight excluding hydrogens is 172 g/mol. The molecule has 1 aromatic rings. The summed E-state index contributed by atoms with van der Waals surface area (Å²) < 4.78 is 0. The van der Waals surface area contributed by atoms with E-state index in [0.29, 0.717) is 6.04 Å². The molecule has 0 aliphatic heterocycles. The second-order valence-electron chi connectivity index (χ2n) is 3.85. The van der Waals surface area contributed by atoms with Gasteiger partial charge in [0.15, 0.2) is 0 Å². The lowest BCUT2D eigenvalue weighted by atomic mass is 10.1. The Labute approximate surface area is 86.0 Å². The zero-order valence-corrected chi connectivity index (χ0v) is 9.33. The van der Waals surface area contributed by atoms with Crippen LogP contribution in [-0.2, 0) is 0 Å². The van der Waals surface area contributed by atoms with Crippen LogP contribution < -0.4 is 5.43 Å². The second-order valence-corrected chi connectivity index (χ2v) is 3.85. The van der Waals surface area contributed by atoms with Gasteiger partial charge in [-0.2, -0.15) is 5.10 Å². The van der Waals surface area contributed by atoms with Crippen LogP contribution in [0.4, 0.5) is 0 Å². The normalized spacial score (nSPS) is 11.9. The number of rotatable bonds is 3. The first kappa shape index (κ1) is 10.8. The lowest BCUT2D eigenvalue weighted by Gasteiger charge is -2.06. The molecule has 0 heterocycles. The van der Waals surface area contributed by atoms with Gasteiger partial charge in [0.25, 0.3) is 0 Å². The summed E-state index contributed by atoms with van der Waals surface area (Å²) in [7, 11) is 0. The molecule has 0 saturated heterocycles. The molecule has 76 valence electrons. The highest BCUT2D eigenvalue weighted by Gasteiger charge is 1.96. The summed E-state index contributed by atoms with van der Waals surface area (Å²) in [5.74, 6) is 0. The van der Waals surface area contributed by atoms with Crippen molar-refractivity contribution in [3.8, 4) is 0 Å². The highest BCUT2D eigenvalue weighted by atomic mass is 15.3. The van der Waals surface area contributed by atoms with E-state index in [0.717, 1.165) is 5.71 Å². The Balaban J connectivity index is 2.73. The third-order valence-corrected chi connectivity index (χ3v) is 1.96. The van der Waals surface area contributed by atoms with E-state index in [1.807, 2.05) is 6.92 Å². The van der Waals surface area contributed by atoms with Crippen molar-refractivity contribution in [2.75, 3.05) is 0 Å². The third kappa shape index (κ3) is 3.21. The Bertz CT molecular complexity index is 310. The molecule has 0 aromatic heterocycles. The van der Waals surface area contributed by atoms with Crippen LogP contribution in [0.3, 0.4) is 0 Å². The third-order valence-electron chi connectivity index (χ3n) is 1.96. The molecule has 0 amide bonds. The highest BCUT2D eigenvalue weighted by Crippen LogP contribution is 2.04. The van der Waals surface area contributed by atoms with Crippen LogP contribution in [0.1, 0.15) is 31.9 Å². The van der Waals surface area contributed by atoms with Gasteiger partial charge in [0.2, 0.25) is 0 Å². The topological polar surface area (TPSA) is 24.4 Å². The molecule has 0 aliphatic carbocycles. The SMILES string of the molecule is C/C(=N\NC(C)C)c1ccc(C)cc1. The van der Waals surface area contributed by atoms with Crippen molar-refractivity contribution < 1.29 is 0 Å². The van der Waals surface area contributed by atoms with Gasteiger partial charge in [0, 0.05) is 6.04 Å². The van der Waals surface area contributed by atoms with Gasteiger partial charge in [-0.15, -0.1) is 0 Å². The quantitative estimate of drug-likeness (QED) is 0.575. The average Bonchev–Trinajstić information content (AvgIpc) is 2.15. The van der Waals surface area contributed by atoms with Crippen molar-refractivity contribution in [2.24, 2.45) is 5.10 Å². The maximum atomic E-state index is 4.29. The summed E-state index contributed by atoms with van der Waals surface area (Å²) in [5.41, 5.74) is 6.52. The van der Waals surface area contributed by atoms with Crippen molar-refractivity contribution in [2.45, 2.75) is 33.7 Å². The molecule has 14 heavy (non-hydrogen) atoms. The minimum atomic E-state index is 0.385. The Morgan fingerprint density at radius 2 is 1.79 bits per heavy atom. The fourth-order valence-corrected chi connectivity index (χ4v) is 1.09. The molecule has 0 atom stereocenters. The molecule has 0 saturated carbocycles. The van der Waals surface area contributed by atoms with E-state index in [2.05, 4.69) is 55.6 Å². The van der Waals surface area contributed by atoms with Gasteiger partial charge >= 0.3 is 0 Å². The largest absolute Gasteiger partial charge is 0.307 e. The van der Waals surface area contributed by atoms with Crippen LogP contribution in [0.15, 0.2) is 29.4 Å². The summed E-state index contributed by atoms with van der Waals surface area (Å²) >= 11 is 0. The van der Waals surface area contributed by atoms with Gasteiger partial charge in [-0.3, -0.25) is 0 Å². The zero-order valence-electron chi connectivity index (χ0n) is 9.33. The fourth-order valence-electron chi connectivity index (χ4n) is 1.09. The van der Waals surface area contributed by atoms with Crippen LogP contribution in [0.25, 0.3) is 0 Å². The van der Waals surface area contributed by atoms with Crippen molar-refractivity contribution in [3.05, 3.63) is 35.4 Å². The number of aryl methyl sites for hydroxylation is 1. The number of hydrogen-bond acceptors (Lipinski definition) is 2. The molecule has 0 spiro atoms. The summed E-state index contributed by atoms with van der Waals surface area (Å²) in [5, 5.41) is 4.29. The maximum Gasteiger partial charge on any atom is 0.0644 e. The standard InChI is InChI=1S/C12H18N2/c1-9(2)13-14-11(4)12-7-5-10(3)6-8-12/h5-9,13H,1-4H3/b14-11+. The predicted molar refractivity (Wildman–Crippen MR) is 61.7 cm³/mol. The van der Waals surface area contributed by atoms with Crippen molar-refractivity contribution in [3.63, 3.8) is 0 Å². The van der Waals surface area contributed by atoms with Gasteiger partial charge in [0.05, 0.1) is 5.71 Å². The molecule has 1 rings (SSSR count). The smallest absolute Gasteiger partial charge is 0.0644 e. The second kappa shape index (κ2) is 4.80. The van der Waals surface area contributed by atoms with Crippen LogP contribution in [-0.4, -0.2) is 11.8 Å². The van der Waals surface area contributed by atoms with Crippen molar-refractivity contribution >= 4 is 5.71 Å². The van der Waals surface area contributed by atoms with E-state index in [-0.39, 0.29) is 0 Å². The van der Waals surface area contributed by atoms with Crippen LogP contribution in [0.5, 0.6) is 0 Å². The molecule has 1 N–H and O–H groups in total. The molecule has 0 fully saturated rings. The molecule has 0 unspecified atom stereocenters. The highest BCUT2D eigenvalue weighted by molar-refractivity contribution is 5.98. The Hall–Kier alpha value is -1.31. The lowest BCUT2D eigenvalue weighted by Crippen LogP contribution is -2.18. The molecule has 0 bridgehead atoms. The number of nitrogens with zero attached hydrogens (tertiary/aromatic N) is 1. The lowest BCUT2D eigenvalue weighted by molar-refractivity contribution is 0.620. The molecule has 0 radical (unpaired) electrons. The minimum Gasteiger partial charge on any atom is -0.307 e. The molecule has 2 nitrogen and oxygen atoms in total. The van der Waals surface area contributed by atoms with E-state index in [9.17, 15) is 0 Å². The van der Waals surface area contributed by atoms with E-state index >= 15 is 0 Å². The van der Waals surface area contributed by atoms with Crippen LogP contribution in [0.2, 0.25) is 0 Å². The number of hydrogen-bond donors (Lipinski definition) is 1. The monoisotopic (exact) mass is 190 g/mol. The first-order chi connectivity index (χ1) is 6.59. The Morgan fingerprint density at radius 1 is 1.21 bits per heavy atom. The first-order valence-electron chi connectivity index (χ1n) is 4.96. The van der Waals surface area contributed by atoms with E-state index in [1.165, 1.54) is 11.1 Å². The average molecular weight is 190 g/mol. The minimum absolute atomic E-state index is 0.385. The van der Waals surface area contributed by atoms with Gasteiger partial charge in [-0.25, -0.2) is 0 Å². The molecule has 0 aliphatic rings. The van der Waals surface area contributed by atoms with Gasteiger partial charge < -0.3 is 5.43 Å². The summed E-state index contributed by atoms with van der Waals surface area (Å²) in [6.45, 7) is 8.25. The fraction of sp³-hybridized carbons (Fsp3) is 0.417. The van der Waals surface area contributed by atoms with E-state index < -0.39 is 0 Å². The maximum absolute atomic E-state index is 4.29. The van der Waals surface area contributed by atoms with E-state index in [4.69, 9.17) is 0 Å². The summed E-state index contributed by atoms with van der Waals surface area (Å²) in [6.07, 6.45) is 0. The molecular formula is C12H18N2.